The standard InChI is InChI=1S/C12H16ClN3O2/c1-15-5-6-16(10(13)8-15)11-7-9(3-4-14-11)12(17)18-2/h3-4,7,10H,5-6,8H2,1-2H3. The highest BCUT2D eigenvalue weighted by molar-refractivity contribution is 6.22. The number of hydrogen-bond donors (Lipinski definition) is 0. The van der Waals surface area contributed by atoms with E-state index in [4.69, 9.17) is 16.3 Å². The van der Waals surface area contributed by atoms with Gasteiger partial charge in [0.2, 0.25) is 0 Å². The molecule has 0 spiro atoms. The summed E-state index contributed by atoms with van der Waals surface area (Å²) in [5.74, 6) is 0.352. The van der Waals surface area contributed by atoms with Crippen molar-refractivity contribution in [2.24, 2.45) is 0 Å². The van der Waals surface area contributed by atoms with E-state index in [9.17, 15) is 4.79 Å². The van der Waals surface area contributed by atoms with Crippen molar-refractivity contribution < 1.29 is 9.53 Å². The van der Waals surface area contributed by atoms with Crippen LogP contribution in [0.1, 0.15) is 10.4 Å². The zero-order valence-electron chi connectivity index (χ0n) is 10.5. The molecule has 1 aliphatic heterocycles. The number of carbonyl (C=O) groups is 1. The van der Waals surface area contributed by atoms with E-state index in [0.29, 0.717) is 11.4 Å². The fourth-order valence-electron chi connectivity index (χ4n) is 1.94. The Kier molecular flexibility index (Phi) is 4.04. The van der Waals surface area contributed by atoms with Crippen molar-refractivity contribution >= 4 is 23.4 Å². The second kappa shape index (κ2) is 5.54. The Balaban J connectivity index is 2.20. The van der Waals surface area contributed by atoms with Crippen molar-refractivity contribution in [3.63, 3.8) is 0 Å². The Morgan fingerprint density at radius 1 is 1.56 bits per heavy atom. The molecule has 0 saturated carbocycles. The Labute approximate surface area is 111 Å². The average molecular weight is 270 g/mol. The molecule has 1 aromatic rings. The molecule has 0 amide bonds. The molecule has 1 atom stereocenters. The fraction of sp³-hybridized carbons (Fsp3) is 0.500. The second-order valence-corrected chi connectivity index (χ2v) is 4.79. The number of ether oxygens (including phenoxy) is 1. The molecule has 1 aliphatic rings. The molecule has 18 heavy (non-hydrogen) atoms. The molecular formula is C12H16ClN3O2. The van der Waals surface area contributed by atoms with E-state index < -0.39 is 0 Å². The number of esters is 1. The number of methoxy groups -OCH3 is 1. The summed E-state index contributed by atoms with van der Waals surface area (Å²) in [6.07, 6.45) is 1.60. The largest absolute Gasteiger partial charge is 0.465 e. The number of likely N-dealkylation sites (N-methyl/N-ethyl adjacent to an activating group) is 1. The van der Waals surface area contributed by atoms with Gasteiger partial charge in [-0.1, -0.05) is 11.6 Å². The minimum atomic E-state index is -0.362. The normalized spacial score (nSPS) is 20.8. The lowest BCUT2D eigenvalue weighted by Crippen LogP contribution is -2.49. The third-order valence-electron chi connectivity index (χ3n) is 2.98. The summed E-state index contributed by atoms with van der Waals surface area (Å²) < 4.78 is 4.70. The molecule has 1 aromatic heterocycles. The highest BCUT2D eigenvalue weighted by atomic mass is 35.5. The minimum absolute atomic E-state index is 0.135. The van der Waals surface area contributed by atoms with Gasteiger partial charge in [0.1, 0.15) is 11.3 Å². The number of rotatable bonds is 2. The average Bonchev–Trinajstić information content (AvgIpc) is 2.38. The first-order valence-electron chi connectivity index (χ1n) is 5.75. The van der Waals surface area contributed by atoms with Crippen LogP contribution in [0.2, 0.25) is 0 Å². The number of halogens is 1. The Bertz CT molecular complexity index is 441. The molecule has 0 aliphatic carbocycles. The molecule has 2 heterocycles. The lowest BCUT2D eigenvalue weighted by atomic mass is 10.2. The molecular weight excluding hydrogens is 254 g/mol. The van der Waals surface area contributed by atoms with Gasteiger partial charge in [0.15, 0.2) is 0 Å². The number of aromatic nitrogens is 1. The van der Waals surface area contributed by atoms with Crippen LogP contribution in [0.25, 0.3) is 0 Å². The summed E-state index contributed by atoms with van der Waals surface area (Å²) in [7, 11) is 3.40. The smallest absolute Gasteiger partial charge is 0.338 e. The molecule has 5 nitrogen and oxygen atoms in total. The van der Waals surface area contributed by atoms with Crippen LogP contribution >= 0.6 is 11.6 Å². The first-order valence-corrected chi connectivity index (χ1v) is 6.19. The molecule has 0 N–H and O–H groups in total. The van der Waals surface area contributed by atoms with Gasteiger partial charge in [-0.15, -0.1) is 0 Å². The van der Waals surface area contributed by atoms with E-state index in [1.165, 1.54) is 7.11 Å². The van der Waals surface area contributed by atoms with Gasteiger partial charge in [-0.2, -0.15) is 0 Å². The molecule has 98 valence electrons. The SMILES string of the molecule is COC(=O)c1ccnc(N2CCN(C)CC2Cl)c1. The number of piperazine rings is 1. The third kappa shape index (κ3) is 2.73. The molecule has 0 aromatic carbocycles. The summed E-state index contributed by atoms with van der Waals surface area (Å²) in [4.78, 5) is 19.9. The van der Waals surface area contributed by atoms with Crippen LogP contribution in [-0.4, -0.2) is 55.1 Å². The predicted molar refractivity (Wildman–Crippen MR) is 70.1 cm³/mol. The first kappa shape index (κ1) is 13.1. The quantitative estimate of drug-likeness (QED) is 0.458. The summed E-state index contributed by atoms with van der Waals surface area (Å²) in [5.41, 5.74) is 0.356. The van der Waals surface area contributed by atoms with Crippen LogP contribution in [0.5, 0.6) is 0 Å². The zero-order valence-corrected chi connectivity index (χ0v) is 11.2. The van der Waals surface area contributed by atoms with Gasteiger partial charge in [-0.3, -0.25) is 0 Å². The molecule has 0 bridgehead atoms. The zero-order chi connectivity index (χ0) is 13.1. The number of carbonyl (C=O) groups excluding carboxylic acids is 1. The topological polar surface area (TPSA) is 45.7 Å². The lowest BCUT2D eigenvalue weighted by Gasteiger charge is -2.37. The van der Waals surface area contributed by atoms with Crippen LogP contribution < -0.4 is 4.90 Å². The van der Waals surface area contributed by atoms with Crippen molar-refractivity contribution in [2.75, 3.05) is 38.7 Å². The van der Waals surface area contributed by atoms with Crippen molar-refractivity contribution in [1.82, 2.24) is 9.88 Å². The maximum absolute atomic E-state index is 11.5. The molecule has 6 heteroatoms. The highest BCUT2D eigenvalue weighted by Gasteiger charge is 2.24. The molecule has 1 fully saturated rings. The number of alkyl halides is 1. The summed E-state index contributed by atoms with van der Waals surface area (Å²) in [6, 6.07) is 3.35. The van der Waals surface area contributed by atoms with Crippen molar-refractivity contribution in [1.29, 1.82) is 0 Å². The van der Waals surface area contributed by atoms with Crippen LogP contribution in [-0.2, 0) is 4.74 Å². The Morgan fingerprint density at radius 3 is 3.00 bits per heavy atom. The first-order chi connectivity index (χ1) is 8.61. The maximum atomic E-state index is 11.5. The van der Waals surface area contributed by atoms with Gasteiger partial charge < -0.3 is 14.5 Å². The van der Waals surface area contributed by atoms with E-state index in [2.05, 4.69) is 9.88 Å². The molecule has 0 radical (unpaired) electrons. The van der Waals surface area contributed by atoms with Gasteiger partial charge in [-0.05, 0) is 19.2 Å². The van der Waals surface area contributed by atoms with Gasteiger partial charge in [-0.25, -0.2) is 9.78 Å². The molecule has 2 rings (SSSR count). The van der Waals surface area contributed by atoms with E-state index in [1.54, 1.807) is 18.3 Å². The van der Waals surface area contributed by atoms with Gasteiger partial charge >= 0.3 is 5.97 Å². The summed E-state index contributed by atoms with van der Waals surface area (Å²) >= 11 is 6.31. The number of hydrogen-bond acceptors (Lipinski definition) is 5. The van der Waals surface area contributed by atoms with Gasteiger partial charge in [0.25, 0.3) is 0 Å². The lowest BCUT2D eigenvalue weighted by molar-refractivity contribution is 0.0600. The highest BCUT2D eigenvalue weighted by Crippen LogP contribution is 2.21. The maximum Gasteiger partial charge on any atom is 0.338 e. The summed E-state index contributed by atoms with van der Waals surface area (Å²) in [5, 5.41) is 0. The Morgan fingerprint density at radius 2 is 2.33 bits per heavy atom. The van der Waals surface area contributed by atoms with E-state index >= 15 is 0 Å². The van der Waals surface area contributed by atoms with Crippen LogP contribution in [0.4, 0.5) is 5.82 Å². The number of nitrogens with zero attached hydrogens (tertiary/aromatic N) is 3. The fourth-order valence-corrected chi connectivity index (χ4v) is 2.38. The van der Waals surface area contributed by atoms with E-state index in [0.717, 1.165) is 19.6 Å². The van der Waals surface area contributed by atoms with E-state index in [1.807, 2.05) is 11.9 Å². The number of pyridine rings is 1. The Hall–Kier alpha value is -1.33. The summed E-state index contributed by atoms with van der Waals surface area (Å²) in [6.45, 7) is 2.49. The van der Waals surface area contributed by atoms with Crippen LogP contribution in [0.3, 0.4) is 0 Å². The monoisotopic (exact) mass is 269 g/mol. The molecule has 1 saturated heterocycles. The van der Waals surface area contributed by atoms with Crippen molar-refractivity contribution in [3.05, 3.63) is 23.9 Å². The number of anilines is 1. The van der Waals surface area contributed by atoms with Gasteiger partial charge in [0, 0.05) is 25.8 Å². The van der Waals surface area contributed by atoms with Crippen LogP contribution in [0, 0.1) is 0 Å². The minimum Gasteiger partial charge on any atom is -0.465 e. The second-order valence-electron chi connectivity index (χ2n) is 4.28. The molecule has 1 unspecified atom stereocenters. The predicted octanol–water partition coefficient (Wildman–Crippen LogP) is 1.18. The van der Waals surface area contributed by atoms with Crippen molar-refractivity contribution in [2.45, 2.75) is 5.50 Å². The van der Waals surface area contributed by atoms with Crippen molar-refractivity contribution in [3.8, 4) is 0 Å². The van der Waals surface area contributed by atoms with Crippen LogP contribution in [0.15, 0.2) is 18.3 Å². The van der Waals surface area contributed by atoms with Gasteiger partial charge in [0.05, 0.1) is 12.7 Å². The van der Waals surface area contributed by atoms with E-state index in [-0.39, 0.29) is 11.5 Å². The third-order valence-corrected chi connectivity index (χ3v) is 3.36.